The minimum Gasteiger partial charge on any atom is -0.352 e. The largest absolute Gasteiger partial charge is 0.352 e. The molecule has 0 fully saturated rings. The predicted octanol–water partition coefficient (Wildman–Crippen LogP) is 1.95. The molecule has 0 bridgehead atoms. The van der Waals surface area contributed by atoms with Crippen LogP contribution in [0, 0.1) is 5.82 Å². The highest BCUT2D eigenvalue weighted by molar-refractivity contribution is 7.98. The van der Waals surface area contributed by atoms with E-state index in [-0.39, 0.29) is 17.8 Å². The lowest BCUT2D eigenvalue weighted by atomic mass is 10.1. The van der Waals surface area contributed by atoms with Crippen LogP contribution in [0.4, 0.5) is 4.39 Å². The van der Waals surface area contributed by atoms with Gasteiger partial charge in [0.05, 0.1) is 6.04 Å². The van der Waals surface area contributed by atoms with Crippen LogP contribution >= 0.6 is 11.8 Å². The summed E-state index contributed by atoms with van der Waals surface area (Å²) in [5.74, 6) is 0.504. The Balaban J connectivity index is 2.39. The zero-order valence-corrected chi connectivity index (χ0v) is 12.2. The zero-order chi connectivity index (χ0) is 14.3. The third-order valence-electron chi connectivity index (χ3n) is 2.81. The predicted molar refractivity (Wildman–Crippen MR) is 78.7 cm³/mol. The lowest BCUT2D eigenvalue weighted by Gasteiger charge is -2.17. The molecular formula is C14H21FN2OS. The quantitative estimate of drug-likeness (QED) is 0.804. The van der Waals surface area contributed by atoms with Gasteiger partial charge in [0, 0.05) is 6.04 Å². The van der Waals surface area contributed by atoms with Gasteiger partial charge in [-0.25, -0.2) is 4.39 Å². The topological polar surface area (TPSA) is 55.1 Å². The molecule has 0 heterocycles. The molecule has 106 valence electrons. The van der Waals surface area contributed by atoms with Crippen molar-refractivity contribution in [3.05, 3.63) is 35.6 Å². The van der Waals surface area contributed by atoms with Crippen LogP contribution in [0.15, 0.2) is 24.3 Å². The number of carbonyl (C=O) groups excluding carboxylic acids is 1. The van der Waals surface area contributed by atoms with Crippen LogP contribution in [0.1, 0.15) is 18.9 Å². The molecule has 1 amide bonds. The van der Waals surface area contributed by atoms with E-state index < -0.39 is 6.04 Å². The van der Waals surface area contributed by atoms with E-state index in [0.717, 1.165) is 11.3 Å². The molecule has 1 unspecified atom stereocenters. The second kappa shape index (κ2) is 8.17. The van der Waals surface area contributed by atoms with Crippen LogP contribution in [-0.4, -0.2) is 30.0 Å². The lowest BCUT2D eigenvalue weighted by molar-refractivity contribution is -0.122. The molecule has 0 aliphatic heterocycles. The third kappa shape index (κ3) is 6.07. The molecule has 1 rings (SSSR count). The van der Waals surface area contributed by atoms with Crippen molar-refractivity contribution in [3.63, 3.8) is 0 Å². The van der Waals surface area contributed by atoms with E-state index in [9.17, 15) is 9.18 Å². The lowest BCUT2D eigenvalue weighted by Crippen LogP contribution is -2.45. The summed E-state index contributed by atoms with van der Waals surface area (Å²) in [4.78, 5) is 11.8. The third-order valence-corrected chi connectivity index (χ3v) is 3.46. The Kier molecular flexibility index (Phi) is 6.87. The second-order valence-corrected chi connectivity index (χ2v) is 5.61. The number of nitrogens with one attached hydrogen (secondary N) is 1. The molecule has 1 aromatic rings. The van der Waals surface area contributed by atoms with Gasteiger partial charge in [-0.05, 0) is 49.5 Å². The molecular weight excluding hydrogens is 263 g/mol. The van der Waals surface area contributed by atoms with Gasteiger partial charge in [0.2, 0.25) is 5.91 Å². The van der Waals surface area contributed by atoms with Gasteiger partial charge < -0.3 is 11.1 Å². The Hall–Kier alpha value is -1.07. The Labute approximate surface area is 118 Å². The highest BCUT2D eigenvalue weighted by Gasteiger charge is 2.15. The maximum absolute atomic E-state index is 12.8. The van der Waals surface area contributed by atoms with E-state index in [1.165, 1.54) is 12.1 Å². The summed E-state index contributed by atoms with van der Waals surface area (Å²) in [6, 6.07) is 5.83. The Morgan fingerprint density at radius 2 is 2.05 bits per heavy atom. The normalized spacial score (nSPS) is 13.9. The van der Waals surface area contributed by atoms with Gasteiger partial charge in [0.15, 0.2) is 0 Å². The van der Waals surface area contributed by atoms with Crippen LogP contribution in [-0.2, 0) is 11.2 Å². The number of nitrogens with two attached hydrogens (primary N) is 1. The summed E-state index contributed by atoms with van der Waals surface area (Å²) < 4.78 is 12.8. The van der Waals surface area contributed by atoms with E-state index in [4.69, 9.17) is 5.73 Å². The molecule has 0 radical (unpaired) electrons. The monoisotopic (exact) mass is 284 g/mol. The molecule has 0 saturated heterocycles. The molecule has 0 spiro atoms. The number of rotatable bonds is 7. The van der Waals surface area contributed by atoms with E-state index in [0.29, 0.717) is 12.8 Å². The number of benzene rings is 1. The van der Waals surface area contributed by atoms with E-state index in [1.807, 2.05) is 13.2 Å². The SMILES string of the molecule is CSCC[C@H](N)C(=O)NC(C)Cc1ccc(F)cc1. The first-order valence-corrected chi connectivity index (χ1v) is 7.71. The summed E-state index contributed by atoms with van der Waals surface area (Å²) in [7, 11) is 0. The molecule has 5 heteroatoms. The number of carbonyl (C=O) groups is 1. The fourth-order valence-corrected chi connectivity index (χ4v) is 2.24. The van der Waals surface area contributed by atoms with Gasteiger partial charge in [-0.3, -0.25) is 4.79 Å². The average Bonchev–Trinajstić information content (AvgIpc) is 2.38. The first-order valence-electron chi connectivity index (χ1n) is 6.32. The van der Waals surface area contributed by atoms with Gasteiger partial charge in [-0.15, -0.1) is 0 Å². The minimum atomic E-state index is -0.455. The maximum Gasteiger partial charge on any atom is 0.237 e. The van der Waals surface area contributed by atoms with Gasteiger partial charge in [-0.1, -0.05) is 12.1 Å². The van der Waals surface area contributed by atoms with Crippen LogP contribution in [0.25, 0.3) is 0 Å². The van der Waals surface area contributed by atoms with Crippen molar-refractivity contribution in [2.75, 3.05) is 12.0 Å². The number of hydrogen-bond acceptors (Lipinski definition) is 3. The van der Waals surface area contributed by atoms with Crippen molar-refractivity contribution in [1.82, 2.24) is 5.32 Å². The van der Waals surface area contributed by atoms with Crippen molar-refractivity contribution in [1.29, 1.82) is 0 Å². The molecule has 0 saturated carbocycles. The van der Waals surface area contributed by atoms with Gasteiger partial charge in [0.1, 0.15) is 5.82 Å². The summed E-state index contributed by atoms with van der Waals surface area (Å²) in [5, 5.41) is 2.88. The minimum absolute atomic E-state index is 0.0155. The van der Waals surface area contributed by atoms with Crippen LogP contribution in [0.3, 0.4) is 0 Å². The van der Waals surface area contributed by atoms with Crippen LogP contribution in [0.2, 0.25) is 0 Å². The molecule has 19 heavy (non-hydrogen) atoms. The van der Waals surface area contributed by atoms with E-state index in [1.54, 1.807) is 23.9 Å². The molecule has 0 aliphatic rings. The highest BCUT2D eigenvalue weighted by atomic mass is 32.2. The molecule has 1 aromatic carbocycles. The summed E-state index contributed by atoms with van der Waals surface area (Å²) in [6.45, 7) is 1.92. The molecule has 0 aliphatic carbocycles. The Bertz CT molecular complexity index is 397. The number of halogens is 1. The van der Waals surface area contributed by atoms with Crippen LogP contribution in [0.5, 0.6) is 0 Å². The van der Waals surface area contributed by atoms with Crippen molar-refractivity contribution in [3.8, 4) is 0 Å². The zero-order valence-electron chi connectivity index (χ0n) is 11.4. The first kappa shape index (κ1) is 16.0. The Morgan fingerprint density at radius 1 is 1.42 bits per heavy atom. The van der Waals surface area contributed by atoms with E-state index in [2.05, 4.69) is 5.32 Å². The molecule has 3 nitrogen and oxygen atoms in total. The van der Waals surface area contributed by atoms with Crippen LogP contribution < -0.4 is 11.1 Å². The molecule has 2 atom stereocenters. The second-order valence-electron chi connectivity index (χ2n) is 4.63. The Morgan fingerprint density at radius 3 is 2.63 bits per heavy atom. The van der Waals surface area contributed by atoms with Crippen molar-refractivity contribution >= 4 is 17.7 Å². The van der Waals surface area contributed by atoms with Gasteiger partial charge >= 0.3 is 0 Å². The smallest absolute Gasteiger partial charge is 0.237 e. The fourth-order valence-electron chi connectivity index (χ4n) is 1.75. The molecule has 3 N–H and O–H groups in total. The van der Waals surface area contributed by atoms with Crippen molar-refractivity contribution in [2.45, 2.75) is 31.8 Å². The van der Waals surface area contributed by atoms with Crippen molar-refractivity contribution < 1.29 is 9.18 Å². The number of thioether (sulfide) groups is 1. The molecule has 0 aromatic heterocycles. The average molecular weight is 284 g/mol. The fraction of sp³-hybridized carbons (Fsp3) is 0.500. The first-order chi connectivity index (χ1) is 9.02. The number of amides is 1. The standard InChI is InChI=1S/C14H21FN2OS/c1-10(9-11-3-5-12(15)6-4-11)17-14(18)13(16)7-8-19-2/h3-6,10,13H,7-9,16H2,1-2H3,(H,17,18)/t10?,13-/m0/s1. The highest BCUT2D eigenvalue weighted by Crippen LogP contribution is 2.06. The number of hydrogen-bond donors (Lipinski definition) is 2. The van der Waals surface area contributed by atoms with Crippen molar-refractivity contribution in [2.24, 2.45) is 5.73 Å². The maximum atomic E-state index is 12.8. The van der Waals surface area contributed by atoms with Gasteiger partial charge in [0.25, 0.3) is 0 Å². The van der Waals surface area contributed by atoms with E-state index >= 15 is 0 Å². The summed E-state index contributed by atoms with van der Waals surface area (Å²) in [5.41, 5.74) is 6.78. The summed E-state index contributed by atoms with van der Waals surface area (Å²) >= 11 is 1.67. The van der Waals surface area contributed by atoms with Gasteiger partial charge in [-0.2, -0.15) is 11.8 Å². The summed E-state index contributed by atoms with van der Waals surface area (Å²) in [6.07, 6.45) is 3.33.